The van der Waals surface area contributed by atoms with Crippen molar-refractivity contribution in [2.45, 2.75) is 34.4 Å². The van der Waals surface area contributed by atoms with Gasteiger partial charge in [0.15, 0.2) is 5.60 Å². The lowest BCUT2D eigenvalue weighted by Crippen LogP contribution is -2.47. The first kappa shape index (κ1) is 21.5. The first-order chi connectivity index (χ1) is 14.6. The summed E-state index contributed by atoms with van der Waals surface area (Å²) in [5.41, 5.74) is -7.90. The number of nitrogens with zero attached hydrogens (tertiary/aromatic N) is 2. The summed E-state index contributed by atoms with van der Waals surface area (Å²) < 4.78 is 71.9. The lowest BCUT2D eigenvalue weighted by Gasteiger charge is -2.37. The Hall–Kier alpha value is -2.72. The first-order valence-corrected chi connectivity index (χ1v) is 9.93. The fourth-order valence-electron chi connectivity index (χ4n) is 3.52. The number of aromatic nitrogens is 2. The van der Waals surface area contributed by atoms with E-state index in [1.54, 1.807) is 0 Å². The van der Waals surface area contributed by atoms with Crippen LogP contribution in [-0.4, -0.2) is 26.2 Å². The lowest BCUT2D eigenvalue weighted by atomic mass is 9.80. The van der Waals surface area contributed by atoms with Gasteiger partial charge in [-0.05, 0) is 61.0 Å². The Morgan fingerprint density at radius 1 is 0.968 bits per heavy atom. The molecule has 0 aliphatic heterocycles. The van der Waals surface area contributed by atoms with Crippen molar-refractivity contribution in [1.82, 2.24) is 9.97 Å². The molecule has 0 saturated heterocycles. The normalized spacial score (nSPS) is 17.1. The van der Waals surface area contributed by atoms with Gasteiger partial charge in [-0.25, -0.2) is 18.7 Å². The Labute approximate surface area is 178 Å². The van der Waals surface area contributed by atoms with Crippen LogP contribution in [0.5, 0.6) is 5.75 Å². The number of ether oxygens (including phenoxy) is 1. The van der Waals surface area contributed by atoms with Crippen LogP contribution in [-0.2, 0) is 5.60 Å². The zero-order valence-electron chi connectivity index (χ0n) is 15.7. The molecule has 0 amide bonds. The molecule has 162 valence electrons. The van der Waals surface area contributed by atoms with Crippen LogP contribution in [0, 0.1) is 11.6 Å². The molecule has 0 bridgehead atoms. The van der Waals surface area contributed by atoms with Crippen molar-refractivity contribution < 1.29 is 31.8 Å². The standard InChI is InChI=1S/C21H15F5N2O2S/c22-14-1-6-17(18(23)9-14)20(29,13-10-27-12-28-11-13)19(7-8-19)30-15-2-4-16(5-3-15)31-21(24,25)26/h1-6,9-12,29H,7-8H2. The van der Waals surface area contributed by atoms with Crippen molar-refractivity contribution in [1.29, 1.82) is 0 Å². The summed E-state index contributed by atoms with van der Waals surface area (Å²) in [6.07, 6.45) is 4.48. The molecule has 1 saturated carbocycles. The van der Waals surface area contributed by atoms with E-state index in [1.165, 1.54) is 43.0 Å². The van der Waals surface area contributed by atoms with Gasteiger partial charge in [0, 0.05) is 34.5 Å². The SMILES string of the molecule is OC(c1cncnc1)(c1ccc(F)cc1F)C1(Oc2ccc(SC(F)(F)F)cc2)CC1. The zero-order valence-corrected chi connectivity index (χ0v) is 16.6. The lowest BCUT2D eigenvalue weighted by molar-refractivity contribution is -0.0559. The van der Waals surface area contributed by atoms with E-state index in [0.29, 0.717) is 18.9 Å². The van der Waals surface area contributed by atoms with Crippen LogP contribution in [0.3, 0.4) is 0 Å². The van der Waals surface area contributed by atoms with E-state index in [1.807, 2.05) is 0 Å². The molecule has 0 spiro atoms. The van der Waals surface area contributed by atoms with Crippen molar-refractivity contribution >= 4 is 11.8 Å². The Balaban J connectivity index is 1.72. The maximum Gasteiger partial charge on any atom is 0.446 e. The topological polar surface area (TPSA) is 55.2 Å². The molecule has 4 nitrogen and oxygen atoms in total. The summed E-state index contributed by atoms with van der Waals surface area (Å²) in [4.78, 5) is 7.74. The predicted octanol–water partition coefficient (Wildman–Crippen LogP) is 5.21. The van der Waals surface area contributed by atoms with E-state index in [4.69, 9.17) is 4.74 Å². The maximum absolute atomic E-state index is 14.7. The van der Waals surface area contributed by atoms with Gasteiger partial charge in [0.05, 0.1) is 0 Å². The van der Waals surface area contributed by atoms with Crippen molar-refractivity contribution in [2.75, 3.05) is 0 Å². The highest BCUT2D eigenvalue weighted by Gasteiger charge is 2.64. The van der Waals surface area contributed by atoms with Gasteiger partial charge in [-0.2, -0.15) is 13.2 Å². The number of hydrogen-bond donors (Lipinski definition) is 1. The van der Waals surface area contributed by atoms with E-state index in [-0.39, 0.29) is 33.5 Å². The van der Waals surface area contributed by atoms with Gasteiger partial charge in [0.2, 0.25) is 0 Å². The summed E-state index contributed by atoms with van der Waals surface area (Å²) in [5.74, 6) is -1.59. The summed E-state index contributed by atoms with van der Waals surface area (Å²) >= 11 is -0.261. The summed E-state index contributed by atoms with van der Waals surface area (Å²) in [5, 5.41) is 11.8. The van der Waals surface area contributed by atoms with Gasteiger partial charge in [-0.3, -0.25) is 0 Å². The Morgan fingerprint density at radius 2 is 1.61 bits per heavy atom. The molecular weight excluding hydrogens is 439 g/mol. The van der Waals surface area contributed by atoms with Crippen LogP contribution in [0.4, 0.5) is 22.0 Å². The highest BCUT2D eigenvalue weighted by molar-refractivity contribution is 8.00. The molecule has 0 radical (unpaired) electrons. The molecule has 2 aromatic carbocycles. The van der Waals surface area contributed by atoms with Gasteiger partial charge in [-0.15, -0.1) is 0 Å². The molecule has 1 atom stereocenters. The van der Waals surface area contributed by atoms with Gasteiger partial charge in [0.25, 0.3) is 0 Å². The number of rotatable bonds is 6. The molecule has 1 aliphatic carbocycles. The number of halogens is 5. The van der Waals surface area contributed by atoms with Gasteiger partial charge in [-0.1, -0.05) is 0 Å². The van der Waals surface area contributed by atoms with Crippen molar-refractivity contribution in [3.63, 3.8) is 0 Å². The Bertz CT molecular complexity index is 1080. The molecule has 31 heavy (non-hydrogen) atoms. The summed E-state index contributed by atoms with van der Waals surface area (Å²) in [6.45, 7) is 0. The fourth-order valence-corrected chi connectivity index (χ4v) is 4.06. The minimum Gasteiger partial charge on any atom is -0.484 e. The van der Waals surface area contributed by atoms with Crippen LogP contribution in [0.1, 0.15) is 24.0 Å². The third kappa shape index (κ3) is 4.22. The average Bonchev–Trinajstić information content (AvgIpc) is 3.50. The number of thioether (sulfide) groups is 1. The van der Waals surface area contributed by atoms with Crippen molar-refractivity contribution in [3.8, 4) is 5.75 Å². The largest absolute Gasteiger partial charge is 0.484 e. The smallest absolute Gasteiger partial charge is 0.446 e. The number of hydrogen-bond acceptors (Lipinski definition) is 5. The van der Waals surface area contributed by atoms with E-state index >= 15 is 0 Å². The second kappa shape index (κ2) is 7.76. The summed E-state index contributed by atoms with van der Waals surface area (Å²) in [7, 11) is 0. The quantitative estimate of drug-likeness (QED) is 0.409. The van der Waals surface area contributed by atoms with E-state index in [9.17, 15) is 27.1 Å². The van der Waals surface area contributed by atoms with E-state index in [0.717, 1.165) is 12.1 Å². The molecule has 4 rings (SSSR count). The van der Waals surface area contributed by atoms with E-state index in [2.05, 4.69) is 9.97 Å². The predicted molar refractivity (Wildman–Crippen MR) is 102 cm³/mol. The maximum atomic E-state index is 14.7. The highest BCUT2D eigenvalue weighted by atomic mass is 32.2. The molecule has 1 N–H and O–H groups in total. The van der Waals surface area contributed by atoms with Crippen LogP contribution >= 0.6 is 11.8 Å². The molecule has 1 aromatic heterocycles. The molecular formula is C21H15F5N2O2S. The van der Waals surface area contributed by atoms with Gasteiger partial charge in [0.1, 0.15) is 29.3 Å². The Morgan fingerprint density at radius 3 is 2.16 bits per heavy atom. The van der Waals surface area contributed by atoms with Crippen LogP contribution in [0.15, 0.2) is 66.1 Å². The van der Waals surface area contributed by atoms with Crippen molar-refractivity contribution in [2.24, 2.45) is 0 Å². The molecule has 1 fully saturated rings. The first-order valence-electron chi connectivity index (χ1n) is 9.11. The molecule has 1 unspecified atom stereocenters. The second-order valence-electron chi connectivity index (χ2n) is 7.08. The zero-order chi connectivity index (χ0) is 22.3. The minimum atomic E-state index is -4.42. The highest BCUT2D eigenvalue weighted by Crippen LogP contribution is 2.56. The molecule has 1 heterocycles. The van der Waals surface area contributed by atoms with Crippen LogP contribution in [0.25, 0.3) is 0 Å². The van der Waals surface area contributed by atoms with Gasteiger partial charge >= 0.3 is 5.51 Å². The van der Waals surface area contributed by atoms with Crippen LogP contribution in [0.2, 0.25) is 0 Å². The fraction of sp³-hybridized carbons (Fsp3) is 0.238. The van der Waals surface area contributed by atoms with Crippen LogP contribution < -0.4 is 4.74 Å². The molecule has 3 aromatic rings. The third-order valence-corrected chi connectivity index (χ3v) is 5.77. The molecule has 1 aliphatic rings. The molecule has 10 heteroatoms. The third-order valence-electron chi connectivity index (χ3n) is 5.03. The summed E-state index contributed by atoms with van der Waals surface area (Å²) in [6, 6.07) is 7.98. The van der Waals surface area contributed by atoms with E-state index < -0.39 is 28.3 Å². The number of alkyl halides is 3. The minimum absolute atomic E-state index is 0.0269. The number of aliphatic hydroxyl groups is 1. The van der Waals surface area contributed by atoms with Crippen molar-refractivity contribution in [3.05, 3.63) is 83.9 Å². The monoisotopic (exact) mass is 454 g/mol. The Kier molecular flexibility index (Phi) is 5.38. The average molecular weight is 454 g/mol. The van der Waals surface area contributed by atoms with Gasteiger partial charge < -0.3 is 9.84 Å². The number of benzene rings is 2. The second-order valence-corrected chi connectivity index (χ2v) is 8.22.